The van der Waals surface area contributed by atoms with Crippen LogP contribution >= 0.6 is 0 Å². The number of hydrogen-bond acceptors (Lipinski definition) is 5. The Morgan fingerprint density at radius 1 is 0.370 bits per heavy atom. The van der Waals surface area contributed by atoms with E-state index in [9.17, 15) is 19.8 Å². The number of carbonyl (C=O) groups excluding carboxylic acids is 2. The number of rotatable bonds is 63. The van der Waals surface area contributed by atoms with Crippen molar-refractivity contribution in [3.63, 3.8) is 0 Å². The van der Waals surface area contributed by atoms with Gasteiger partial charge in [-0.1, -0.05) is 328 Å². The van der Waals surface area contributed by atoms with Crippen molar-refractivity contribution in [3.8, 4) is 0 Å². The second-order valence-electron chi connectivity index (χ2n) is 23.2. The molecule has 0 bridgehead atoms. The topological polar surface area (TPSA) is 95.9 Å². The van der Waals surface area contributed by atoms with Crippen LogP contribution in [0, 0.1) is 0 Å². The van der Waals surface area contributed by atoms with Gasteiger partial charge in [-0.15, -0.1) is 0 Å². The van der Waals surface area contributed by atoms with Gasteiger partial charge < -0.3 is 20.3 Å². The molecule has 2 unspecified atom stereocenters. The summed E-state index contributed by atoms with van der Waals surface area (Å²) in [5, 5.41) is 23.4. The average molecular weight is 1030 g/mol. The van der Waals surface area contributed by atoms with Crippen LogP contribution in [0.4, 0.5) is 0 Å². The van der Waals surface area contributed by atoms with Gasteiger partial charge in [-0.3, -0.25) is 9.59 Å². The maximum atomic E-state index is 12.5. The Morgan fingerprint density at radius 3 is 0.973 bits per heavy atom. The van der Waals surface area contributed by atoms with Gasteiger partial charge in [0, 0.05) is 12.8 Å². The first-order valence-corrected chi connectivity index (χ1v) is 33.4. The van der Waals surface area contributed by atoms with Crippen LogP contribution in [0.3, 0.4) is 0 Å². The van der Waals surface area contributed by atoms with Crippen molar-refractivity contribution in [2.45, 2.75) is 392 Å². The maximum absolute atomic E-state index is 12.5. The van der Waals surface area contributed by atoms with E-state index in [1.165, 1.54) is 302 Å². The van der Waals surface area contributed by atoms with E-state index in [4.69, 9.17) is 4.74 Å². The molecule has 0 aromatic heterocycles. The van der Waals surface area contributed by atoms with Crippen molar-refractivity contribution in [3.05, 3.63) is 12.2 Å². The highest BCUT2D eigenvalue weighted by atomic mass is 16.5. The van der Waals surface area contributed by atoms with E-state index in [1.54, 1.807) is 0 Å². The standard InChI is InChI=1S/C67H131NO5/c1-3-5-7-9-11-13-15-17-19-21-28-31-35-39-43-47-51-55-59-65(70)64(63-69)68-66(71)60-56-52-48-44-40-36-32-29-25-23-22-24-26-30-34-38-42-46-50-54-58-62-73-67(72)61-57-53-49-45-41-37-33-27-20-18-16-14-12-10-8-6-4-2/h18,20,64-65,69-70H,3-17,19,21-63H2,1-2H3,(H,68,71)/b20-18-. The van der Waals surface area contributed by atoms with E-state index < -0.39 is 12.1 Å². The molecular weight excluding hydrogens is 899 g/mol. The van der Waals surface area contributed by atoms with E-state index in [-0.39, 0.29) is 18.5 Å². The summed E-state index contributed by atoms with van der Waals surface area (Å²) < 4.78 is 5.50. The Kier molecular flexibility index (Phi) is 61.9. The highest BCUT2D eigenvalue weighted by molar-refractivity contribution is 5.76. The summed E-state index contributed by atoms with van der Waals surface area (Å²) in [5.41, 5.74) is 0. The van der Waals surface area contributed by atoms with Crippen LogP contribution in [0.5, 0.6) is 0 Å². The number of aliphatic hydroxyl groups excluding tert-OH is 2. The van der Waals surface area contributed by atoms with Crippen LogP contribution < -0.4 is 5.32 Å². The molecule has 73 heavy (non-hydrogen) atoms. The number of carbonyl (C=O) groups is 2. The Morgan fingerprint density at radius 2 is 0.644 bits per heavy atom. The molecule has 0 aliphatic carbocycles. The number of allylic oxidation sites excluding steroid dienone is 2. The van der Waals surface area contributed by atoms with Crippen molar-refractivity contribution in [1.29, 1.82) is 0 Å². The number of nitrogens with one attached hydrogen (secondary N) is 1. The van der Waals surface area contributed by atoms with Crippen LogP contribution in [0.2, 0.25) is 0 Å². The summed E-state index contributed by atoms with van der Waals surface area (Å²) in [6, 6.07) is -0.542. The smallest absolute Gasteiger partial charge is 0.305 e. The summed E-state index contributed by atoms with van der Waals surface area (Å²) in [4.78, 5) is 24.6. The molecule has 0 rings (SSSR count). The second kappa shape index (κ2) is 63.1. The molecule has 0 aliphatic rings. The van der Waals surface area contributed by atoms with Gasteiger partial charge in [0.25, 0.3) is 0 Å². The third kappa shape index (κ3) is 59.7. The first kappa shape index (κ1) is 71.6. The van der Waals surface area contributed by atoms with Gasteiger partial charge in [0.1, 0.15) is 0 Å². The van der Waals surface area contributed by atoms with Crippen LogP contribution in [0.25, 0.3) is 0 Å². The number of amides is 1. The van der Waals surface area contributed by atoms with E-state index in [2.05, 4.69) is 31.3 Å². The number of hydrogen-bond donors (Lipinski definition) is 3. The third-order valence-corrected chi connectivity index (χ3v) is 15.8. The summed E-state index contributed by atoms with van der Waals surface area (Å²) >= 11 is 0. The number of ether oxygens (including phenoxy) is 1. The van der Waals surface area contributed by atoms with Crippen LogP contribution in [-0.4, -0.2) is 47.4 Å². The monoisotopic (exact) mass is 1030 g/mol. The molecular formula is C67H131NO5. The van der Waals surface area contributed by atoms with Gasteiger partial charge >= 0.3 is 5.97 Å². The van der Waals surface area contributed by atoms with E-state index in [0.717, 1.165) is 44.9 Å². The zero-order chi connectivity index (χ0) is 52.9. The Labute approximate surface area is 457 Å². The molecule has 0 aromatic rings. The predicted octanol–water partition coefficient (Wildman–Crippen LogP) is 21.2. The van der Waals surface area contributed by atoms with Crippen LogP contribution in [0.15, 0.2) is 12.2 Å². The summed E-state index contributed by atoms with van der Waals surface area (Å²) in [6.45, 7) is 4.98. The SMILES string of the molecule is CCCCCCCC/C=C\CCCCCCCCCC(=O)OCCCCCCCCCCCCCCCCCCCCCCCC(=O)NC(CO)C(O)CCCCCCCCCCCCCCCCCCCC. The molecule has 1 amide bonds. The van der Waals surface area contributed by atoms with Gasteiger partial charge in [0.2, 0.25) is 5.91 Å². The van der Waals surface area contributed by atoms with Gasteiger partial charge in [0.05, 0.1) is 25.4 Å². The van der Waals surface area contributed by atoms with Gasteiger partial charge in [-0.2, -0.15) is 0 Å². The summed E-state index contributed by atoms with van der Waals surface area (Å²) in [7, 11) is 0. The van der Waals surface area contributed by atoms with Crippen molar-refractivity contribution in [2.75, 3.05) is 13.2 Å². The first-order chi connectivity index (χ1) is 36.0. The molecule has 0 aromatic carbocycles. The van der Waals surface area contributed by atoms with Crippen LogP contribution in [0.1, 0.15) is 380 Å². The third-order valence-electron chi connectivity index (χ3n) is 15.8. The molecule has 0 radical (unpaired) electrons. The fourth-order valence-electron chi connectivity index (χ4n) is 10.7. The summed E-state index contributed by atoms with van der Waals surface area (Å²) in [5.74, 6) is -0.0223. The molecule has 0 spiro atoms. The molecule has 6 heteroatoms. The van der Waals surface area contributed by atoms with Gasteiger partial charge in [-0.25, -0.2) is 0 Å². The molecule has 0 saturated heterocycles. The van der Waals surface area contributed by atoms with Crippen molar-refractivity contribution >= 4 is 11.9 Å². The minimum Gasteiger partial charge on any atom is -0.466 e. The Bertz CT molecular complexity index is 1100. The molecule has 0 aliphatic heterocycles. The molecule has 2 atom stereocenters. The molecule has 0 fully saturated rings. The zero-order valence-corrected chi connectivity index (χ0v) is 49.6. The number of aliphatic hydroxyl groups is 2. The highest BCUT2D eigenvalue weighted by Gasteiger charge is 2.20. The van der Waals surface area contributed by atoms with Crippen molar-refractivity contribution in [2.24, 2.45) is 0 Å². The fraction of sp³-hybridized carbons (Fsp3) is 0.940. The lowest BCUT2D eigenvalue weighted by atomic mass is 10.0. The Hall–Kier alpha value is -1.40. The van der Waals surface area contributed by atoms with E-state index in [1.807, 2.05) is 0 Å². The lowest BCUT2D eigenvalue weighted by Gasteiger charge is -2.22. The predicted molar refractivity (Wildman–Crippen MR) is 320 cm³/mol. The lowest BCUT2D eigenvalue weighted by molar-refractivity contribution is -0.143. The quantitative estimate of drug-likeness (QED) is 0.0320. The Balaban J connectivity index is 3.37. The number of unbranched alkanes of at least 4 members (excludes halogenated alkanes) is 50. The minimum atomic E-state index is -0.665. The van der Waals surface area contributed by atoms with Crippen molar-refractivity contribution in [1.82, 2.24) is 5.32 Å². The normalized spacial score (nSPS) is 12.5. The second-order valence-corrected chi connectivity index (χ2v) is 23.2. The highest BCUT2D eigenvalue weighted by Crippen LogP contribution is 2.19. The largest absolute Gasteiger partial charge is 0.466 e. The maximum Gasteiger partial charge on any atom is 0.305 e. The molecule has 3 N–H and O–H groups in total. The molecule has 0 saturated carbocycles. The van der Waals surface area contributed by atoms with E-state index in [0.29, 0.717) is 25.9 Å². The van der Waals surface area contributed by atoms with E-state index >= 15 is 0 Å². The minimum absolute atomic E-state index is 0.00980. The zero-order valence-electron chi connectivity index (χ0n) is 49.6. The van der Waals surface area contributed by atoms with Crippen molar-refractivity contribution < 1.29 is 24.5 Å². The fourth-order valence-corrected chi connectivity index (χ4v) is 10.7. The molecule has 434 valence electrons. The first-order valence-electron chi connectivity index (χ1n) is 33.4. The lowest BCUT2D eigenvalue weighted by Crippen LogP contribution is -2.45. The summed E-state index contributed by atoms with van der Waals surface area (Å²) in [6.07, 6.45) is 76.6. The molecule has 6 nitrogen and oxygen atoms in total. The number of esters is 1. The van der Waals surface area contributed by atoms with Gasteiger partial charge in [0.15, 0.2) is 0 Å². The van der Waals surface area contributed by atoms with Crippen LogP contribution in [-0.2, 0) is 14.3 Å². The molecule has 0 heterocycles. The average Bonchev–Trinajstić information content (AvgIpc) is 3.39. The van der Waals surface area contributed by atoms with Gasteiger partial charge in [-0.05, 0) is 51.4 Å².